The largest absolute Gasteiger partial charge is 0.367 e. The van der Waals surface area contributed by atoms with Crippen LogP contribution in [0.3, 0.4) is 0 Å². The number of hydrogen-bond acceptors (Lipinski definition) is 8. The molecule has 50 heavy (non-hydrogen) atoms. The zero-order valence-corrected chi connectivity index (χ0v) is 29.9. The highest BCUT2D eigenvalue weighted by molar-refractivity contribution is 6.05. The van der Waals surface area contributed by atoms with E-state index in [4.69, 9.17) is 4.52 Å². The number of nitrogens with zero attached hydrogens (tertiary/aromatic N) is 5. The number of anilines is 2. The van der Waals surface area contributed by atoms with E-state index in [2.05, 4.69) is 72.7 Å². The van der Waals surface area contributed by atoms with Gasteiger partial charge in [0.2, 0.25) is 11.8 Å². The number of carbonyl (C=O) groups excluding carboxylic acids is 3. The molecule has 0 saturated carbocycles. The number of hydrogen-bond donors (Lipinski definition) is 1. The summed E-state index contributed by atoms with van der Waals surface area (Å²) in [4.78, 5) is 45.9. The van der Waals surface area contributed by atoms with Crippen LogP contribution in [0.5, 0.6) is 0 Å². The maximum absolute atomic E-state index is 15.4. The van der Waals surface area contributed by atoms with Crippen molar-refractivity contribution in [1.29, 1.82) is 0 Å². The number of imide groups is 1. The zero-order chi connectivity index (χ0) is 35.6. The molecule has 3 fully saturated rings. The third-order valence-corrected chi connectivity index (χ3v) is 11.7. The summed E-state index contributed by atoms with van der Waals surface area (Å²) >= 11 is 0. The van der Waals surface area contributed by atoms with E-state index in [0.717, 1.165) is 42.2 Å². The number of aromatic nitrogens is 1. The van der Waals surface area contributed by atoms with Gasteiger partial charge in [-0.1, -0.05) is 37.2 Å². The Labute approximate surface area is 293 Å². The van der Waals surface area contributed by atoms with E-state index in [9.17, 15) is 14.4 Å². The van der Waals surface area contributed by atoms with Crippen LogP contribution < -0.4 is 15.1 Å². The Bertz CT molecular complexity index is 1850. The summed E-state index contributed by atoms with van der Waals surface area (Å²) in [7, 11) is 0. The number of rotatable bonds is 10. The predicted octanol–water partition coefficient (Wildman–Crippen LogP) is 5.39. The molecule has 2 aromatic carbocycles. The molecule has 4 aliphatic heterocycles. The lowest BCUT2D eigenvalue weighted by Crippen LogP contribution is -2.67. The maximum atomic E-state index is 15.4. The van der Waals surface area contributed by atoms with Crippen LogP contribution in [0.2, 0.25) is 0 Å². The molecule has 1 N–H and O–H groups in total. The molecule has 5 heterocycles. The van der Waals surface area contributed by atoms with E-state index < -0.39 is 11.9 Å². The molecule has 2 atom stereocenters. The van der Waals surface area contributed by atoms with Gasteiger partial charge in [0.15, 0.2) is 0 Å². The van der Waals surface area contributed by atoms with Crippen molar-refractivity contribution in [2.24, 2.45) is 11.3 Å². The number of carbonyl (C=O) groups is 3. The number of nitrogens with one attached hydrogen (secondary N) is 1. The second kappa shape index (κ2) is 12.7. The number of likely N-dealkylation sites (tertiary alicyclic amines) is 1. The first-order valence-electron chi connectivity index (χ1n) is 17.7. The first kappa shape index (κ1) is 34.0. The summed E-state index contributed by atoms with van der Waals surface area (Å²) in [5.74, 6) is -0.156. The minimum atomic E-state index is -0.719. The van der Waals surface area contributed by atoms with Crippen LogP contribution in [0.1, 0.15) is 66.6 Å². The molecular formula is C39H47FN6O4. The highest BCUT2D eigenvalue weighted by atomic mass is 19.1. The molecule has 3 aromatic rings. The molecule has 1 aromatic heterocycles. The topological polar surface area (TPSA) is 102 Å². The van der Waals surface area contributed by atoms with Crippen molar-refractivity contribution in [1.82, 2.24) is 20.3 Å². The average Bonchev–Trinajstić information content (AvgIpc) is 3.54. The SMILES string of the molecule is C=CC(C)(C)[C@H](C)N(CC1CN(C2CN(c3cc4c(cc3F)CN(C3CCC(=O)NC3=O)C4=O)C2)C1)c1cc(-c2c(C)noc2C)ccc1C. The lowest BCUT2D eigenvalue weighted by Gasteiger charge is -2.54. The third-order valence-electron chi connectivity index (χ3n) is 11.7. The van der Waals surface area contributed by atoms with E-state index in [1.165, 1.54) is 22.2 Å². The van der Waals surface area contributed by atoms with Crippen LogP contribution in [0.25, 0.3) is 11.1 Å². The zero-order valence-electron chi connectivity index (χ0n) is 29.9. The molecule has 1 unspecified atom stereocenters. The van der Waals surface area contributed by atoms with Crippen LogP contribution in [0.15, 0.2) is 47.5 Å². The summed E-state index contributed by atoms with van der Waals surface area (Å²) in [6.45, 7) is 21.4. The number of piperidine rings is 1. The van der Waals surface area contributed by atoms with Gasteiger partial charge in [-0.3, -0.25) is 24.6 Å². The summed E-state index contributed by atoms with van der Waals surface area (Å²) in [5, 5.41) is 6.51. The van der Waals surface area contributed by atoms with Crippen LogP contribution in [-0.4, -0.2) is 83.5 Å². The number of halogens is 1. The lowest BCUT2D eigenvalue weighted by atomic mass is 9.83. The van der Waals surface area contributed by atoms with Gasteiger partial charge in [-0.2, -0.15) is 0 Å². The van der Waals surface area contributed by atoms with Gasteiger partial charge in [0, 0.05) is 85.9 Å². The summed E-state index contributed by atoms with van der Waals surface area (Å²) < 4.78 is 20.9. The van der Waals surface area contributed by atoms with Gasteiger partial charge in [-0.05, 0) is 69.0 Å². The molecular weight excluding hydrogens is 635 g/mol. The number of fused-ring (bicyclic) bond motifs is 1. The smallest absolute Gasteiger partial charge is 0.255 e. The fraction of sp³-hybridized carbons (Fsp3) is 0.487. The van der Waals surface area contributed by atoms with E-state index >= 15 is 4.39 Å². The molecule has 3 saturated heterocycles. The fourth-order valence-corrected chi connectivity index (χ4v) is 8.01. The van der Waals surface area contributed by atoms with Crippen LogP contribution in [0, 0.1) is 37.9 Å². The van der Waals surface area contributed by atoms with Crippen LogP contribution in [0.4, 0.5) is 15.8 Å². The quantitative estimate of drug-likeness (QED) is 0.224. The summed E-state index contributed by atoms with van der Waals surface area (Å²) in [5.41, 5.74) is 6.77. The van der Waals surface area contributed by atoms with Crippen LogP contribution in [-0.2, 0) is 16.1 Å². The lowest BCUT2D eigenvalue weighted by molar-refractivity contribution is -0.136. The molecule has 10 nitrogen and oxygen atoms in total. The number of amides is 3. The van der Waals surface area contributed by atoms with Crippen molar-refractivity contribution >= 4 is 29.1 Å². The van der Waals surface area contributed by atoms with E-state index in [1.54, 1.807) is 6.07 Å². The van der Waals surface area contributed by atoms with E-state index in [0.29, 0.717) is 41.9 Å². The van der Waals surface area contributed by atoms with Gasteiger partial charge in [-0.25, -0.2) is 4.39 Å². The predicted molar refractivity (Wildman–Crippen MR) is 190 cm³/mol. The van der Waals surface area contributed by atoms with Crippen molar-refractivity contribution in [2.75, 3.05) is 42.5 Å². The molecule has 7 rings (SSSR count). The van der Waals surface area contributed by atoms with E-state index in [1.807, 2.05) is 24.8 Å². The second-order valence-corrected chi connectivity index (χ2v) is 15.3. The second-order valence-electron chi connectivity index (χ2n) is 15.3. The molecule has 0 spiro atoms. The highest BCUT2D eigenvalue weighted by Crippen LogP contribution is 2.39. The summed E-state index contributed by atoms with van der Waals surface area (Å²) in [6.07, 6.45) is 2.51. The normalized spacial score (nSPS) is 20.8. The number of aryl methyl sites for hydroxylation is 3. The minimum absolute atomic E-state index is 0.121. The first-order valence-corrected chi connectivity index (χ1v) is 17.7. The fourth-order valence-electron chi connectivity index (χ4n) is 8.01. The van der Waals surface area contributed by atoms with Gasteiger partial charge >= 0.3 is 0 Å². The molecule has 0 aliphatic carbocycles. The first-order chi connectivity index (χ1) is 23.7. The van der Waals surface area contributed by atoms with Gasteiger partial charge in [0.25, 0.3) is 5.91 Å². The van der Waals surface area contributed by atoms with Crippen molar-refractivity contribution in [3.8, 4) is 11.1 Å². The Morgan fingerprint density at radius 1 is 1.12 bits per heavy atom. The maximum Gasteiger partial charge on any atom is 0.255 e. The van der Waals surface area contributed by atoms with E-state index in [-0.39, 0.29) is 48.5 Å². The molecule has 4 aliphatic rings. The standard InChI is InChI=1S/C39H47FN6O4/c1-8-39(6,7)25(5)45(33-14-27(10-9-22(33)2)36-23(3)42-50-24(36)4)18-26-16-43(17-26)29-20-44(21-29)34-15-30-28(13-31(34)40)19-46(38(30)49)32-11-12-35(47)41-37(32)48/h8-10,13-15,25-26,29,32H,1,11-12,16-21H2,2-7H3,(H,41,47,48)/t25-,32?/m0/s1. The molecule has 11 heteroatoms. The average molecular weight is 683 g/mol. The Balaban J connectivity index is 1.01. The van der Waals surface area contributed by atoms with Gasteiger partial charge in [0.05, 0.1) is 11.4 Å². The monoisotopic (exact) mass is 682 g/mol. The third kappa shape index (κ3) is 5.89. The molecule has 0 bridgehead atoms. The van der Waals surface area contributed by atoms with Crippen molar-refractivity contribution < 1.29 is 23.3 Å². The molecule has 264 valence electrons. The van der Waals surface area contributed by atoms with Gasteiger partial charge in [-0.15, -0.1) is 6.58 Å². The van der Waals surface area contributed by atoms with Gasteiger partial charge < -0.3 is 19.2 Å². The Hall–Kier alpha value is -4.51. The Kier molecular flexibility index (Phi) is 8.61. The molecule has 3 amide bonds. The Morgan fingerprint density at radius 2 is 1.86 bits per heavy atom. The molecule has 0 radical (unpaired) electrons. The highest BCUT2D eigenvalue weighted by Gasteiger charge is 2.43. The van der Waals surface area contributed by atoms with Gasteiger partial charge in [0.1, 0.15) is 17.6 Å². The van der Waals surface area contributed by atoms with Crippen molar-refractivity contribution in [3.05, 3.63) is 76.9 Å². The van der Waals surface area contributed by atoms with Crippen molar-refractivity contribution in [2.45, 2.75) is 79.1 Å². The summed E-state index contributed by atoms with van der Waals surface area (Å²) in [6, 6.07) is 9.48. The number of benzene rings is 2. The Morgan fingerprint density at radius 3 is 2.52 bits per heavy atom. The van der Waals surface area contributed by atoms with Crippen LogP contribution >= 0.6 is 0 Å². The van der Waals surface area contributed by atoms with Crippen molar-refractivity contribution in [3.63, 3.8) is 0 Å². The minimum Gasteiger partial charge on any atom is -0.367 e.